The average Bonchev–Trinajstić information content (AvgIpc) is 2.67. The molecular weight excluding hydrogens is 517 g/mol. The van der Waals surface area contributed by atoms with Crippen molar-refractivity contribution >= 4 is 90.4 Å². The van der Waals surface area contributed by atoms with Crippen molar-refractivity contribution in [1.82, 2.24) is 10.6 Å². The molecule has 0 heterocycles. The maximum absolute atomic E-state index is 12.6. The normalized spacial score (nSPS) is 12.3. The van der Waals surface area contributed by atoms with E-state index in [1.54, 1.807) is 18.2 Å². The van der Waals surface area contributed by atoms with Gasteiger partial charge in [0.05, 0.1) is 0 Å². The highest BCUT2D eigenvalue weighted by molar-refractivity contribution is 9.10. The van der Waals surface area contributed by atoms with Gasteiger partial charge in [-0.15, -0.1) is 0 Å². The summed E-state index contributed by atoms with van der Waals surface area (Å²) < 4.78 is -1.08. The SMILES string of the molecule is O=C(N[C@@H](NC(=S)Nc1cccc2ccccc12)C(Cl)(Cl)Cl)c1cccc(Br)c1. The number of anilines is 1. The van der Waals surface area contributed by atoms with Gasteiger partial charge in [0.15, 0.2) is 5.11 Å². The molecule has 0 radical (unpaired) electrons. The number of rotatable bonds is 4. The molecule has 29 heavy (non-hydrogen) atoms. The summed E-state index contributed by atoms with van der Waals surface area (Å²) in [5, 5.41) is 10.9. The average molecular weight is 532 g/mol. The molecule has 1 atom stereocenters. The fourth-order valence-electron chi connectivity index (χ4n) is 2.67. The van der Waals surface area contributed by atoms with Gasteiger partial charge in [0.2, 0.25) is 3.79 Å². The second kappa shape index (κ2) is 9.49. The van der Waals surface area contributed by atoms with Gasteiger partial charge < -0.3 is 16.0 Å². The van der Waals surface area contributed by atoms with Crippen molar-refractivity contribution in [3.05, 3.63) is 76.8 Å². The van der Waals surface area contributed by atoms with E-state index in [0.29, 0.717) is 5.56 Å². The molecule has 1 amide bonds. The molecule has 0 saturated carbocycles. The van der Waals surface area contributed by atoms with Crippen LogP contribution in [0, 0.1) is 0 Å². The molecule has 3 aromatic carbocycles. The maximum Gasteiger partial charge on any atom is 0.253 e. The van der Waals surface area contributed by atoms with Gasteiger partial charge >= 0.3 is 0 Å². The Labute approximate surface area is 197 Å². The molecule has 150 valence electrons. The third kappa shape index (κ3) is 5.96. The third-order valence-corrected chi connectivity index (χ3v) is 5.37. The lowest BCUT2D eigenvalue weighted by atomic mass is 10.1. The highest BCUT2D eigenvalue weighted by atomic mass is 79.9. The Morgan fingerprint density at radius 3 is 2.38 bits per heavy atom. The summed E-state index contributed by atoms with van der Waals surface area (Å²) in [5.41, 5.74) is 1.20. The number of thiocarbonyl (C=S) groups is 1. The van der Waals surface area contributed by atoms with Gasteiger partial charge in [-0.25, -0.2) is 0 Å². The van der Waals surface area contributed by atoms with Crippen LogP contribution in [0.3, 0.4) is 0 Å². The quantitative estimate of drug-likeness (QED) is 0.219. The zero-order valence-corrected chi connectivity index (χ0v) is 19.4. The first-order valence-electron chi connectivity index (χ1n) is 8.42. The number of fused-ring (bicyclic) bond motifs is 1. The van der Waals surface area contributed by atoms with Crippen LogP contribution < -0.4 is 16.0 Å². The van der Waals surface area contributed by atoms with Crippen LogP contribution in [0.4, 0.5) is 5.69 Å². The molecule has 3 rings (SSSR count). The van der Waals surface area contributed by atoms with Crippen molar-refractivity contribution in [2.45, 2.75) is 9.96 Å². The van der Waals surface area contributed by atoms with E-state index in [1.165, 1.54) is 0 Å². The first kappa shape index (κ1) is 22.1. The standard InChI is InChI=1S/C20H15BrCl3N3OS/c21-14-8-3-7-13(11-14)17(28)26-18(20(22,23)24)27-19(29)25-16-10-4-6-12-5-1-2-9-15(12)16/h1-11,18H,(H,26,28)(H2,25,27,29)/t18-/m0/s1. The van der Waals surface area contributed by atoms with E-state index in [9.17, 15) is 4.79 Å². The predicted octanol–water partition coefficient (Wildman–Crippen LogP) is 6.02. The van der Waals surface area contributed by atoms with Gasteiger partial charge in [-0.05, 0) is 41.9 Å². The molecule has 0 aliphatic rings. The fourth-order valence-corrected chi connectivity index (χ4v) is 3.62. The molecule has 0 aliphatic carbocycles. The van der Waals surface area contributed by atoms with Gasteiger partial charge in [-0.1, -0.05) is 93.2 Å². The molecule has 9 heteroatoms. The largest absolute Gasteiger partial charge is 0.339 e. The van der Waals surface area contributed by atoms with Crippen LogP contribution in [-0.4, -0.2) is 21.0 Å². The smallest absolute Gasteiger partial charge is 0.253 e. The van der Waals surface area contributed by atoms with E-state index < -0.39 is 15.9 Å². The van der Waals surface area contributed by atoms with Gasteiger partial charge in [-0.3, -0.25) is 4.79 Å². The first-order valence-corrected chi connectivity index (χ1v) is 10.8. The van der Waals surface area contributed by atoms with Crippen molar-refractivity contribution in [3.63, 3.8) is 0 Å². The lowest BCUT2D eigenvalue weighted by Crippen LogP contribution is -2.56. The van der Waals surface area contributed by atoms with Crippen molar-refractivity contribution < 1.29 is 4.79 Å². The topological polar surface area (TPSA) is 53.2 Å². The Bertz CT molecular complexity index is 1050. The molecule has 3 aromatic rings. The van der Waals surface area contributed by atoms with Crippen LogP contribution in [0.1, 0.15) is 10.4 Å². The zero-order valence-electron chi connectivity index (χ0n) is 14.8. The lowest BCUT2D eigenvalue weighted by molar-refractivity contribution is 0.0934. The van der Waals surface area contributed by atoms with E-state index in [1.807, 2.05) is 48.5 Å². The number of carbonyl (C=O) groups excluding carboxylic acids is 1. The Morgan fingerprint density at radius 2 is 1.66 bits per heavy atom. The lowest BCUT2D eigenvalue weighted by Gasteiger charge is -2.28. The highest BCUT2D eigenvalue weighted by Gasteiger charge is 2.35. The van der Waals surface area contributed by atoms with Gasteiger partial charge in [0.1, 0.15) is 6.17 Å². The molecule has 0 saturated heterocycles. The number of benzene rings is 3. The van der Waals surface area contributed by atoms with Crippen LogP contribution in [0.5, 0.6) is 0 Å². The minimum Gasteiger partial charge on any atom is -0.339 e. The van der Waals surface area contributed by atoms with E-state index in [2.05, 4.69) is 31.9 Å². The summed E-state index contributed by atoms with van der Waals surface area (Å²) in [6.45, 7) is 0. The molecular formula is C20H15BrCl3N3OS. The number of carbonyl (C=O) groups is 1. The Morgan fingerprint density at radius 1 is 0.966 bits per heavy atom. The van der Waals surface area contributed by atoms with Gasteiger partial charge in [0, 0.05) is 21.1 Å². The molecule has 0 unspecified atom stereocenters. The monoisotopic (exact) mass is 529 g/mol. The number of halogens is 4. The fraction of sp³-hybridized carbons (Fsp3) is 0.100. The zero-order chi connectivity index (χ0) is 21.0. The number of amides is 1. The Kier molecular flexibility index (Phi) is 7.24. The maximum atomic E-state index is 12.6. The summed E-state index contributed by atoms with van der Waals surface area (Å²) in [4.78, 5) is 12.6. The van der Waals surface area contributed by atoms with Crippen molar-refractivity contribution in [2.24, 2.45) is 0 Å². The minimum absolute atomic E-state index is 0.201. The Hall–Kier alpha value is -1.57. The van der Waals surface area contributed by atoms with E-state index >= 15 is 0 Å². The molecule has 0 fully saturated rings. The second-order valence-corrected chi connectivity index (χ2v) is 9.78. The number of alkyl halides is 3. The highest BCUT2D eigenvalue weighted by Crippen LogP contribution is 2.30. The Balaban J connectivity index is 1.74. The third-order valence-electron chi connectivity index (χ3n) is 4.00. The number of hydrogen-bond donors (Lipinski definition) is 3. The summed E-state index contributed by atoms with van der Waals surface area (Å²) in [7, 11) is 0. The van der Waals surface area contributed by atoms with E-state index in [-0.39, 0.29) is 5.11 Å². The van der Waals surface area contributed by atoms with E-state index in [0.717, 1.165) is 20.9 Å². The van der Waals surface area contributed by atoms with Crippen LogP contribution in [0.25, 0.3) is 10.8 Å². The number of hydrogen-bond acceptors (Lipinski definition) is 2. The summed E-state index contributed by atoms with van der Waals surface area (Å²) >= 11 is 26.9. The van der Waals surface area contributed by atoms with Gasteiger partial charge in [-0.2, -0.15) is 0 Å². The van der Waals surface area contributed by atoms with Crippen LogP contribution in [0.15, 0.2) is 71.2 Å². The molecule has 4 nitrogen and oxygen atoms in total. The summed E-state index contributed by atoms with van der Waals surface area (Å²) in [6.07, 6.45) is -1.06. The minimum atomic E-state index is -1.84. The predicted molar refractivity (Wildman–Crippen MR) is 129 cm³/mol. The first-order chi connectivity index (χ1) is 13.7. The van der Waals surface area contributed by atoms with Crippen LogP contribution in [0.2, 0.25) is 0 Å². The molecule has 0 spiro atoms. The molecule has 0 aromatic heterocycles. The summed E-state index contributed by atoms with van der Waals surface area (Å²) in [5.74, 6) is -0.414. The van der Waals surface area contributed by atoms with Crippen molar-refractivity contribution in [1.29, 1.82) is 0 Å². The van der Waals surface area contributed by atoms with Gasteiger partial charge in [0.25, 0.3) is 5.91 Å². The second-order valence-electron chi connectivity index (χ2n) is 6.08. The van der Waals surface area contributed by atoms with E-state index in [4.69, 9.17) is 47.0 Å². The molecule has 0 aliphatic heterocycles. The van der Waals surface area contributed by atoms with Crippen LogP contribution >= 0.6 is 63.0 Å². The van der Waals surface area contributed by atoms with Crippen LogP contribution in [-0.2, 0) is 0 Å². The number of nitrogens with one attached hydrogen (secondary N) is 3. The van der Waals surface area contributed by atoms with Crippen molar-refractivity contribution in [3.8, 4) is 0 Å². The molecule has 0 bridgehead atoms. The molecule has 3 N–H and O–H groups in total. The van der Waals surface area contributed by atoms with Crippen molar-refractivity contribution in [2.75, 3.05) is 5.32 Å². The summed E-state index contributed by atoms with van der Waals surface area (Å²) in [6, 6.07) is 20.5.